The van der Waals surface area contributed by atoms with Gasteiger partial charge in [0.05, 0.1) is 36.4 Å². The average molecular weight is 444 g/mol. The molecule has 3 rings (SSSR count). The first-order valence-corrected chi connectivity index (χ1v) is 10.1. The highest BCUT2D eigenvalue weighted by Crippen LogP contribution is 2.35. The van der Waals surface area contributed by atoms with E-state index < -0.39 is 4.92 Å². The summed E-state index contributed by atoms with van der Waals surface area (Å²) in [4.78, 5) is 19.7. The summed E-state index contributed by atoms with van der Waals surface area (Å²) >= 11 is 0. The lowest BCUT2D eigenvalue weighted by Crippen LogP contribution is -2.28. The van der Waals surface area contributed by atoms with Crippen LogP contribution in [-0.4, -0.2) is 65.7 Å². The van der Waals surface area contributed by atoms with Crippen molar-refractivity contribution in [3.63, 3.8) is 0 Å². The van der Waals surface area contributed by atoms with E-state index in [1.165, 1.54) is 12.3 Å². The Balaban J connectivity index is 1.87. The molecule has 2 aromatic rings. The van der Waals surface area contributed by atoms with Crippen LogP contribution in [0.3, 0.4) is 0 Å². The van der Waals surface area contributed by atoms with E-state index in [4.69, 9.17) is 24.6 Å². The predicted octanol–water partition coefficient (Wildman–Crippen LogP) is 1.98. The van der Waals surface area contributed by atoms with Crippen molar-refractivity contribution in [2.45, 2.75) is 18.9 Å². The van der Waals surface area contributed by atoms with E-state index in [9.17, 15) is 10.1 Å². The van der Waals surface area contributed by atoms with Crippen LogP contribution in [0.25, 0.3) is 0 Å². The first-order valence-electron chi connectivity index (χ1n) is 10.1. The summed E-state index contributed by atoms with van der Waals surface area (Å²) < 4.78 is 16.3. The molecule has 0 aromatic carbocycles. The number of rotatable bonds is 11. The number of aliphatic hydroxyl groups excluding tert-OH is 1. The number of pyridine rings is 2. The van der Waals surface area contributed by atoms with Gasteiger partial charge in [0.25, 0.3) is 0 Å². The molecule has 0 radical (unpaired) electrons. The van der Waals surface area contributed by atoms with E-state index in [0.29, 0.717) is 30.4 Å². The highest BCUT2D eigenvalue weighted by molar-refractivity contribution is 5.70. The van der Waals surface area contributed by atoms with Gasteiger partial charge >= 0.3 is 5.69 Å². The van der Waals surface area contributed by atoms with Crippen LogP contribution >= 0.6 is 0 Å². The first kappa shape index (κ1) is 23.1. The van der Waals surface area contributed by atoms with Crippen LogP contribution in [0.4, 0.5) is 23.1 Å². The summed E-state index contributed by atoms with van der Waals surface area (Å²) in [6.07, 6.45) is 2.88. The molecule has 0 amide bonds. The molecule has 0 bridgehead atoms. The minimum Gasteiger partial charge on any atom is -0.487 e. The highest BCUT2D eigenvalue weighted by Gasteiger charge is 2.24. The van der Waals surface area contributed by atoms with E-state index >= 15 is 0 Å². The van der Waals surface area contributed by atoms with Crippen molar-refractivity contribution < 1.29 is 24.2 Å². The second-order valence-electron chi connectivity index (χ2n) is 6.84. The zero-order chi connectivity index (χ0) is 22.8. The molecule has 0 saturated carbocycles. The number of ether oxygens (including phenoxy) is 3. The first-order chi connectivity index (χ1) is 15.6. The molecule has 1 saturated heterocycles. The largest absolute Gasteiger partial charge is 0.487 e. The number of hydrogen-bond donors (Lipinski definition) is 3. The molecular formula is C20H24N6O6. The Morgan fingerprint density at radius 1 is 1.28 bits per heavy atom. The van der Waals surface area contributed by atoms with Gasteiger partial charge < -0.3 is 30.0 Å². The van der Waals surface area contributed by atoms with Crippen molar-refractivity contribution in [2.75, 3.05) is 50.3 Å². The van der Waals surface area contributed by atoms with Gasteiger partial charge in [0, 0.05) is 25.5 Å². The third-order valence-electron chi connectivity index (χ3n) is 4.59. The third-order valence-corrected chi connectivity index (χ3v) is 4.59. The third kappa shape index (κ3) is 6.48. The zero-order valence-electron chi connectivity index (χ0n) is 17.3. The van der Waals surface area contributed by atoms with Gasteiger partial charge in [0.15, 0.2) is 11.6 Å². The van der Waals surface area contributed by atoms with Crippen LogP contribution in [-0.2, 0) is 9.47 Å². The molecule has 12 nitrogen and oxygen atoms in total. The SMILES string of the molecule is N#Cc1ccc(Nc2nc(NC3CCOCC3)c(OCCOCCO)cc2[N+](=O)[O-])nc1. The smallest absolute Gasteiger partial charge is 0.315 e. The van der Waals surface area contributed by atoms with E-state index in [2.05, 4.69) is 20.6 Å². The fraction of sp³-hybridized carbons (Fsp3) is 0.450. The lowest BCUT2D eigenvalue weighted by molar-refractivity contribution is -0.384. The quantitative estimate of drug-likeness (QED) is 0.263. The van der Waals surface area contributed by atoms with Crippen LogP contribution in [0.15, 0.2) is 24.4 Å². The number of nitrogens with one attached hydrogen (secondary N) is 2. The number of nitriles is 1. The monoisotopic (exact) mass is 444 g/mol. The second-order valence-corrected chi connectivity index (χ2v) is 6.84. The lowest BCUT2D eigenvalue weighted by atomic mass is 10.1. The number of nitro groups is 1. The Morgan fingerprint density at radius 3 is 2.75 bits per heavy atom. The number of aromatic nitrogens is 2. The molecule has 1 fully saturated rings. The standard InChI is InChI=1S/C20H24N6O6/c21-12-14-1-2-18(22-13-14)24-19-16(26(28)29)11-17(32-10-9-31-8-5-27)20(25-19)23-15-3-6-30-7-4-15/h1-2,11,13,15,27H,3-10H2,(H2,22,23,24,25). The molecule has 3 N–H and O–H groups in total. The number of nitrogens with zero attached hydrogens (tertiary/aromatic N) is 4. The maximum absolute atomic E-state index is 11.7. The molecule has 3 heterocycles. The van der Waals surface area contributed by atoms with Gasteiger partial charge in [-0.15, -0.1) is 0 Å². The number of hydrogen-bond acceptors (Lipinski definition) is 11. The second kappa shape index (κ2) is 11.8. The van der Waals surface area contributed by atoms with E-state index in [0.717, 1.165) is 12.8 Å². The zero-order valence-corrected chi connectivity index (χ0v) is 17.3. The van der Waals surface area contributed by atoms with E-state index in [1.54, 1.807) is 12.1 Å². The molecule has 0 spiro atoms. The summed E-state index contributed by atoms with van der Waals surface area (Å²) in [5.74, 6) is 0.864. The summed E-state index contributed by atoms with van der Waals surface area (Å²) in [6.45, 7) is 1.63. The minimum atomic E-state index is -0.563. The Bertz CT molecular complexity index is 943. The van der Waals surface area contributed by atoms with Gasteiger partial charge in [-0.3, -0.25) is 10.1 Å². The predicted molar refractivity (Wildman–Crippen MR) is 114 cm³/mol. The van der Waals surface area contributed by atoms with Crippen molar-refractivity contribution in [3.05, 3.63) is 40.1 Å². The van der Waals surface area contributed by atoms with E-state index in [1.807, 2.05) is 6.07 Å². The number of anilines is 3. The summed E-state index contributed by atoms with van der Waals surface area (Å²) in [6, 6.07) is 6.43. The fourth-order valence-electron chi connectivity index (χ4n) is 3.00. The molecule has 12 heteroatoms. The Morgan fingerprint density at radius 2 is 2.09 bits per heavy atom. The molecule has 2 aromatic heterocycles. The van der Waals surface area contributed by atoms with Gasteiger partial charge in [0.2, 0.25) is 5.82 Å². The van der Waals surface area contributed by atoms with Crippen molar-refractivity contribution in [1.82, 2.24) is 9.97 Å². The van der Waals surface area contributed by atoms with Crippen molar-refractivity contribution in [3.8, 4) is 11.8 Å². The highest BCUT2D eigenvalue weighted by atomic mass is 16.6. The Hall–Kier alpha value is -3.53. The maximum atomic E-state index is 11.7. The van der Waals surface area contributed by atoms with Crippen molar-refractivity contribution >= 4 is 23.1 Å². The number of aliphatic hydroxyl groups is 1. The normalized spacial score (nSPS) is 13.9. The Labute approximate surface area is 184 Å². The van der Waals surface area contributed by atoms with Gasteiger partial charge in [-0.2, -0.15) is 5.26 Å². The van der Waals surface area contributed by atoms with Crippen LogP contribution in [0.2, 0.25) is 0 Å². The summed E-state index contributed by atoms with van der Waals surface area (Å²) in [7, 11) is 0. The molecule has 1 aliphatic heterocycles. The summed E-state index contributed by atoms with van der Waals surface area (Å²) in [5, 5.41) is 35.5. The molecular weight excluding hydrogens is 420 g/mol. The molecule has 0 atom stereocenters. The van der Waals surface area contributed by atoms with Gasteiger partial charge in [-0.1, -0.05) is 0 Å². The lowest BCUT2D eigenvalue weighted by Gasteiger charge is -2.25. The van der Waals surface area contributed by atoms with Crippen molar-refractivity contribution in [2.24, 2.45) is 0 Å². The molecule has 1 aliphatic rings. The van der Waals surface area contributed by atoms with Gasteiger partial charge in [0.1, 0.15) is 18.5 Å². The minimum absolute atomic E-state index is 0.00866. The molecule has 0 aliphatic carbocycles. The summed E-state index contributed by atoms with van der Waals surface area (Å²) in [5.41, 5.74) is 0.0759. The Kier molecular flexibility index (Phi) is 8.50. The molecule has 0 unspecified atom stereocenters. The van der Waals surface area contributed by atoms with Crippen LogP contribution < -0.4 is 15.4 Å². The average Bonchev–Trinajstić information content (AvgIpc) is 2.81. The fourth-order valence-corrected chi connectivity index (χ4v) is 3.00. The van der Waals surface area contributed by atoms with Crippen LogP contribution in [0.1, 0.15) is 18.4 Å². The molecule has 32 heavy (non-hydrogen) atoms. The van der Waals surface area contributed by atoms with Gasteiger partial charge in [-0.25, -0.2) is 9.97 Å². The van der Waals surface area contributed by atoms with Crippen molar-refractivity contribution in [1.29, 1.82) is 5.26 Å². The van der Waals surface area contributed by atoms with Gasteiger partial charge in [-0.05, 0) is 25.0 Å². The van der Waals surface area contributed by atoms with Crippen LogP contribution in [0, 0.1) is 21.4 Å². The maximum Gasteiger partial charge on any atom is 0.315 e. The topological polar surface area (TPSA) is 165 Å². The van der Waals surface area contributed by atoms with E-state index in [-0.39, 0.29) is 49.7 Å². The molecule has 170 valence electrons. The van der Waals surface area contributed by atoms with Crippen LogP contribution in [0.5, 0.6) is 5.75 Å².